The fourth-order valence-corrected chi connectivity index (χ4v) is 3.68. The van der Waals surface area contributed by atoms with Crippen molar-refractivity contribution >= 4 is 34.5 Å². The summed E-state index contributed by atoms with van der Waals surface area (Å²) in [4.78, 5) is 33.5. The van der Waals surface area contributed by atoms with Gasteiger partial charge in [-0.2, -0.15) is 0 Å². The number of fused-ring (bicyclic) bond motifs is 1. The molecule has 0 aliphatic rings. The van der Waals surface area contributed by atoms with Crippen LogP contribution in [0.1, 0.15) is 35.9 Å². The van der Waals surface area contributed by atoms with E-state index in [4.69, 9.17) is 17.3 Å². The summed E-state index contributed by atoms with van der Waals surface area (Å²) in [6, 6.07) is 10.5. The fourth-order valence-electron chi connectivity index (χ4n) is 3.45. The number of ketones is 1. The number of nitrogens with two attached hydrogens (primary N) is 1. The van der Waals surface area contributed by atoms with Crippen LogP contribution in [0.15, 0.2) is 59.9 Å². The fraction of sp³-hybridized carbons (Fsp3) is 0.143. The molecule has 0 radical (unpaired) electrons. The number of aromatic nitrogens is 4. The van der Waals surface area contributed by atoms with Crippen LogP contribution in [-0.2, 0) is 0 Å². The van der Waals surface area contributed by atoms with E-state index >= 15 is 0 Å². The average molecular weight is 423 g/mol. The first-order valence-corrected chi connectivity index (χ1v) is 9.61. The number of nitrogen functional groups attached to an aromatic ring is 1. The Morgan fingerprint density at radius 2 is 1.93 bits per heavy atom. The topological polar surface area (TPSA) is 107 Å². The minimum Gasteiger partial charge on any atom is -0.383 e. The third-order valence-electron chi connectivity index (χ3n) is 4.84. The minimum atomic E-state index is -0.407. The zero-order valence-corrected chi connectivity index (χ0v) is 17.1. The summed E-state index contributed by atoms with van der Waals surface area (Å²) in [7, 11) is 0. The van der Waals surface area contributed by atoms with Gasteiger partial charge in [-0.25, -0.2) is 9.97 Å². The monoisotopic (exact) mass is 422 g/mol. The molecule has 1 aromatic carbocycles. The van der Waals surface area contributed by atoms with Crippen molar-refractivity contribution in [2.75, 3.05) is 11.1 Å². The van der Waals surface area contributed by atoms with E-state index in [0.29, 0.717) is 27.7 Å². The molecule has 30 heavy (non-hydrogen) atoms. The number of halogens is 1. The Bertz CT molecular complexity index is 1310. The highest BCUT2D eigenvalue weighted by molar-refractivity contribution is 6.33. The lowest BCUT2D eigenvalue weighted by atomic mass is 10.1. The lowest BCUT2D eigenvalue weighted by Crippen LogP contribution is -2.27. The number of rotatable bonds is 5. The van der Waals surface area contributed by atoms with Crippen molar-refractivity contribution < 1.29 is 4.79 Å². The number of nitrogens with one attached hydrogen (secondary N) is 1. The molecular formula is C21H19ClN6O2. The second kappa shape index (κ2) is 7.64. The maximum atomic E-state index is 13.3. The number of anilines is 2. The molecule has 1 unspecified atom stereocenters. The zero-order chi connectivity index (χ0) is 21.4. The van der Waals surface area contributed by atoms with Crippen LogP contribution in [-0.4, -0.2) is 24.7 Å². The highest BCUT2D eigenvalue weighted by Crippen LogP contribution is 2.26. The second-order valence-corrected chi connectivity index (χ2v) is 7.26. The Kier molecular flexibility index (Phi) is 5.01. The van der Waals surface area contributed by atoms with Crippen LogP contribution in [0.25, 0.3) is 11.2 Å². The first-order chi connectivity index (χ1) is 14.4. The van der Waals surface area contributed by atoms with Crippen LogP contribution in [0.2, 0.25) is 5.02 Å². The van der Waals surface area contributed by atoms with E-state index in [9.17, 15) is 9.59 Å². The predicted octanol–water partition coefficient (Wildman–Crippen LogP) is 3.49. The smallest absolute Gasteiger partial charge is 0.281 e. The number of Topliss-reactive ketones (excluding diaryl/α,β-unsaturated/α-hetero) is 1. The van der Waals surface area contributed by atoms with Gasteiger partial charge in [0.05, 0.1) is 16.8 Å². The Labute approximate surface area is 177 Å². The standard InChI is InChI=1S/C21H19ClN6O2/c1-12(26-20-17(13(2)29)19(23)24-11-25-20)16-10-27-9-8-15(22)18(27)21(30)28(16)14-6-4-3-5-7-14/h3-12H,1-2H3,(H3,23,24,25,26). The van der Waals surface area contributed by atoms with Gasteiger partial charge >= 0.3 is 0 Å². The highest BCUT2D eigenvalue weighted by atomic mass is 35.5. The third-order valence-corrected chi connectivity index (χ3v) is 5.15. The summed E-state index contributed by atoms with van der Waals surface area (Å²) in [6.07, 6.45) is 4.84. The lowest BCUT2D eigenvalue weighted by molar-refractivity contribution is 0.101. The Hall–Kier alpha value is -3.65. The van der Waals surface area contributed by atoms with E-state index in [-0.39, 0.29) is 22.7 Å². The number of hydrogen-bond acceptors (Lipinski definition) is 6. The number of nitrogens with zero attached hydrogens (tertiary/aromatic N) is 4. The number of carbonyl (C=O) groups is 1. The van der Waals surface area contributed by atoms with Gasteiger partial charge in [0.25, 0.3) is 5.56 Å². The van der Waals surface area contributed by atoms with Gasteiger partial charge in [0.2, 0.25) is 0 Å². The molecule has 1 atom stereocenters. The Balaban J connectivity index is 1.90. The summed E-state index contributed by atoms with van der Waals surface area (Å²) < 4.78 is 3.29. The average Bonchev–Trinajstić information content (AvgIpc) is 3.09. The Morgan fingerprint density at radius 1 is 1.20 bits per heavy atom. The molecule has 0 aliphatic heterocycles. The summed E-state index contributed by atoms with van der Waals surface area (Å²) in [5, 5.41) is 3.57. The summed E-state index contributed by atoms with van der Waals surface area (Å²) in [5.41, 5.74) is 7.56. The van der Waals surface area contributed by atoms with Crippen molar-refractivity contribution in [2.45, 2.75) is 19.9 Å². The second-order valence-electron chi connectivity index (χ2n) is 6.85. The zero-order valence-electron chi connectivity index (χ0n) is 16.3. The van der Waals surface area contributed by atoms with Crippen molar-refractivity contribution in [3.8, 4) is 5.69 Å². The first kappa shape index (κ1) is 19.7. The van der Waals surface area contributed by atoms with Crippen LogP contribution in [0.5, 0.6) is 0 Å². The van der Waals surface area contributed by atoms with E-state index in [2.05, 4.69) is 15.3 Å². The third kappa shape index (κ3) is 3.31. The van der Waals surface area contributed by atoms with Gasteiger partial charge in [0.15, 0.2) is 5.78 Å². The molecule has 0 saturated carbocycles. The van der Waals surface area contributed by atoms with Gasteiger partial charge < -0.3 is 15.5 Å². The van der Waals surface area contributed by atoms with Crippen LogP contribution in [0.4, 0.5) is 11.6 Å². The molecule has 0 amide bonds. The molecule has 152 valence electrons. The summed E-state index contributed by atoms with van der Waals surface area (Å²) >= 11 is 6.25. The molecular weight excluding hydrogens is 404 g/mol. The lowest BCUT2D eigenvalue weighted by Gasteiger charge is -2.22. The number of para-hydroxylation sites is 1. The van der Waals surface area contributed by atoms with E-state index < -0.39 is 6.04 Å². The largest absolute Gasteiger partial charge is 0.383 e. The van der Waals surface area contributed by atoms with Gasteiger partial charge in [-0.1, -0.05) is 29.8 Å². The number of hydrogen-bond donors (Lipinski definition) is 2. The molecule has 3 N–H and O–H groups in total. The van der Waals surface area contributed by atoms with E-state index in [1.54, 1.807) is 21.2 Å². The quantitative estimate of drug-likeness (QED) is 0.477. The summed E-state index contributed by atoms with van der Waals surface area (Å²) in [6.45, 7) is 3.27. The number of carbonyl (C=O) groups excluding carboxylic acids is 1. The van der Waals surface area contributed by atoms with Gasteiger partial charge in [-0.15, -0.1) is 0 Å². The SMILES string of the molecule is CC(=O)c1c(N)ncnc1NC(C)c1cn2ccc(Cl)c2c(=O)n1-c1ccccc1. The molecule has 3 aromatic heterocycles. The normalized spacial score (nSPS) is 12.1. The maximum absolute atomic E-state index is 13.3. The maximum Gasteiger partial charge on any atom is 0.281 e. The molecule has 3 heterocycles. The molecule has 0 spiro atoms. The van der Waals surface area contributed by atoms with Crippen molar-refractivity contribution in [2.24, 2.45) is 0 Å². The van der Waals surface area contributed by atoms with Crippen molar-refractivity contribution in [1.82, 2.24) is 18.9 Å². The molecule has 0 aliphatic carbocycles. The van der Waals surface area contributed by atoms with Gasteiger partial charge in [0.1, 0.15) is 29.0 Å². The molecule has 4 aromatic rings. The molecule has 0 bridgehead atoms. The molecule has 8 nitrogen and oxygen atoms in total. The number of benzene rings is 1. The van der Waals surface area contributed by atoms with Gasteiger partial charge in [0, 0.05) is 18.1 Å². The van der Waals surface area contributed by atoms with Crippen LogP contribution in [0.3, 0.4) is 0 Å². The highest BCUT2D eigenvalue weighted by Gasteiger charge is 2.21. The molecule has 0 fully saturated rings. The van der Waals surface area contributed by atoms with E-state index in [1.165, 1.54) is 13.3 Å². The first-order valence-electron chi connectivity index (χ1n) is 9.24. The van der Waals surface area contributed by atoms with E-state index in [0.717, 1.165) is 0 Å². The van der Waals surface area contributed by atoms with E-state index in [1.807, 2.05) is 43.5 Å². The molecule has 0 saturated heterocycles. The predicted molar refractivity (Wildman–Crippen MR) is 116 cm³/mol. The van der Waals surface area contributed by atoms with Crippen molar-refractivity contribution in [3.05, 3.63) is 81.8 Å². The molecule has 4 rings (SSSR count). The van der Waals surface area contributed by atoms with Gasteiger partial charge in [-0.3, -0.25) is 14.2 Å². The minimum absolute atomic E-state index is 0.0975. The van der Waals surface area contributed by atoms with Crippen LogP contribution >= 0.6 is 11.6 Å². The van der Waals surface area contributed by atoms with Crippen molar-refractivity contribution in [1.29, 1.82) is 0 Å². The Morgan fingerprint density at radius 3 is 2.63 bits per heavy atom. The van der Waals surface area contributed by atoms with Crippen LogP contribution in [0, 0.1) is 0 Å². The molecule has 9 heteroatoms. The van der Waals surface area contributed by atoms with Gasteiger partial charge in [-0.05, 0) is 32.0 Å². The van der Waals surface area contributed by atoms with Crippen molar-refractivity contribution in [3.63, 3.8) is 0 Å². The summed E-state index contributed by atoms with van der Waals surface area (Å²) in [5.74, 6) is 0.149. The van der Waals surface area contributed by atoms with Crippen LogP contribution < -0.4 is 16.6 Å².